The maximum absolute atomic E-state index is 11.5. The van der Waals surface area contributed by atoms with Gasteiger partial charge in [-0.1, -0.05) is 19.1 Å². The first-order chi connectivity index (χ1) is 12.5. The summed E-state index contributed by atoms with van der Waals surface area (Å²) in [6.45, 7) is 2.09. The molecule has 3 rings (SSSR count). The Morgan fingerprint density at radius 2 is 1.88 bits per heavy atom. The quantitative estimate of drug-likeness (QED) is 0.668. The largest absolute Gasteiger partial charge is 0.465 e. The maximum atomic E-state index is 11.5. The normalized spacial score (nSPS) is 12.1. The lowest BCUT2D eigenvalue weighted by atomic mass is 9.93. The number of nitrogen functional groups attached to an aromatic ring is 2. The Kier molecular flexibility index (Phi) is 4.92. The molecule has 2 heterocycles. The molecule has 0 fully saturated rings. The fraction of sp³-hybridized carbons (Fsp3) is 0.278. The van der Waals surface area contributed by atoms with Gasteiger partial charge < -0.3 is 16.2 Å². The zero-order valence-corrected chi connectivity index (χ0v) is 14.6. The van der Waals surface area contributed by atoms with Crippen LogP contribution in [0.2, 0.25) is 0 Å². The Hall–Kier alpha value is -3.29. The molecule has 3 aromatic rings. The molecule has 0 bridgehead atoms. The van der Waals surface area contributed by atoms with Gasteiger partial charge in [0.15, 0.2) is 17.0 Å². The minimum Gasteiger partial charge on any atom is -0.465 e. The number of aromatic nitrogens is 4. The maximum Gasteiger partial charge on any atom is 0.337 e. The predicted molar refractivity (Wildman–Crippen MR) is 98.5 cm³/mol. The van der Waals surface area contributed by atoms with Crippen molar-refractivity contribution >= 4 is 28.9 Å². The zero-order valence-electron chi connectivity index (χ0n) is 14.6. The van der Waals surface area contributed by atoms with E-state index in [4.69, 9.17) is 16.2 Å². The third-order valence-electron chi connectivity index (χ3n) is 4.24. The van der Waals surface area contributed by atoms with Gasteiger partial charge in [0.25, 0.3) is 0 Å². The average molecular weight is 352 g/mol. The van der Waals surface area contributed by atoms with Gasteiger partial charge in [-0.15, -0.1) is 0 Å². The van der Waals surface area contributed by atoms with Crippen molar-refractivity contribution in [2.24, 2.45) is 0 Å². The van der Waals surface area contributed by atoms with Gasteiger partial charge in [-0.05, 0) is 30.5 Å². The molecule has 8 nitrogen and oxygen atoms in total. The number of anilines is 2. The van der Waals surface area contributed by atoms with Crippen molar-refractivity contribution in [1.29, 1.82) is 0 Å². The lowest BCUT2D eigenvalue weighted by molar-refractivity contribution is 0.0600. The highest BCUT2D eigenvalue weighted by Crippen LogP contribution is 2.25. The first-order valence-electron chi connectivity index (χ1n) is 8.24. The van der Waals surface area contributed by atoms with Gasteiger partial charge in [0.05, 0.1) is 24.6 Å². The molecule has 8 heteroatoms. The third kappa shape index (κ3) is 3.53. The van der Waals surface area contributed by atoms with E-state index in [1.807, 2.05) is 12.1 Å². The van der Waals surface area contributed by atoms with Crippen LogP contribution in [0.4, 0.5) is 11.8 Å². The van der Waals surface area contributed by atoms with Crippen LogP contribution in [0, 0.1) is 0 Å². The smallest absolute Gasteiger partial charge is 0.337 e. The molecule has 26 heavy (non-hydrogen) atoms. The lowest BCUT2D eigenvalue weighted by Crippen LogP contribution is -2.09. The molecule has 0 saturated heterocycles. The van der Waals surface area contributed by atoms with Gasteiger partial charge in [0, 0.05) is 5.92 Å². The van der Waals surface area contributed by atoms with E-state index in [1.54, 1.807) is 18.3 Å². The summed E-state index contributed by atoms with van der Waals surface area (Å²) < 4.78 is 4.72. The topological polar surface area (TPSA) is 130 Å². The molecule has 0 aliphatic heterocycles. The Labute approximate surface area is 150 Å². The molecular formula is C18H20N6O2. The molecular weight excluding hydrogens is 332 g/mol. The molecule has 0 aliphatic rings. The molecule has 134 valence electrons. The van der Waals surface area contributed by atoms with Crippen LogP contribution in [0.3, 0.4) is 0 Å². The van der Waals surface area contributed by atoms with Crippen LogP contribution in [0.1, 0.15) is 40.9 Å². The number of methoxy groups -OCH3 is 1. The first-order valence-corrected chi connectivity index (χ1v) is 8.24. The number of ether oxygens (including phenoxy) is 1. The summed E-state index contributed by atoms with van der Waals surface area (Å²) in [5.74, 6) is 0.0977. The van der Waals surface area contributed by atoms with E-state index in [9.17, 15) is 4.79 Å². The van der Waals surface area contributed by atoms with Gasteiger partial charge in [-0.2, -0.15) is 9.97 Å². The van der Waals surface area contributed by atoms with E-state index in [0.29, 0.717) is 16.7 Å². The summed E-state index contributed by atoms with van der Waals surface area (Å²) in [7, 11) is 1.37. The van der Waals surface area contributed by atoms with Crippen LogP contribution in [-0.4, -0.2) is 33.0 Å². The Morgan fingerprint density at radius 1 is 1.15 bits per heavy atom. The zero-order chi connectivity index (χ0) is 18.7. The summed E-state index contributed by atoms with van der Waals surface area (Å²) in [4.78, 5) is 28.5. The third-order valence-corrected chi connectivity index (χ3v) is 4.24. The minimum absolute atomic E-state index is 0.0785. The number of benzene rings is 1. The molecule has 1 aromatic carbocycles. The minimum atomic E-state index is -0.348. The number of carbonyl (C=O) groups excluding carboxylic acids is 1. The summed E-state index contributed by atoms with van der Waals surface area (Å²) in [6, 6.07) is 7.35. The fourth-order valence-corrected chi connectivity index (χ4v) is 2.79. The lowest BCUT2D eigenvalue weighted by Gasteiger charge is -2.15. The van der Waals surface area contributed by atoms with Crippen LogP contribution in [-0.2, 0) is 11.2 Å². The molecule has 1 atom stereocenters. The van der Waals surface area contributed by atoms with Gasteiger partial charge in [0.1, 0.15) is 0 Å². The number of rotatable bonds is 5. The Balaban J connectivity index is 1.87. The molecule has 0 spiro atoms. The van der Waals surface area contributed by atoms with Gasteiger partial charge >= 0.3 is 5.97 Å². The van der Waals surface area contributed by atoms with Crippen LogP contribution < -0.4 is 11.5 Å². The van der Waals surface area contributed by atoms with Gasteiger partial charge in [0.2, 0.25) is 5.95 Å². The van der Waals surface area contributed by atoms with Crippen LogP contribution in [0.25, 0.3) is 11.2 Å². The second kappa shape index (κ2) is 7.30. The number of nitrogens with zero attached hydrogens (tertiary/aromatic N) is 4. The number of esters is 1. The highest BCUT2D eigenvalue weighted by Gasteiger charge is 2.16. The molecule has 0 aliphatic carbocycles. The summed E-state index contributed by atoms with van der Waals surface area (Å²) in [6.07, 6.45) is 3.33. The SMILES string of the molecule is CCC(Cc1ccc(C(=O)OC)cc1)c1cnc2nc(N)nc(N)c2n1. The second-order valence-corrected chi connectivity index (χ2v) is 5.93. The number of fused-ring (bicyclic) bond motifs is 1. The van der Waals surface area contributed by atoms with Crippen molar-refractivity contribution in [3.8, 4) is 0 Å². The number of nitrogens with two attached hydrogens (primary N) is 2. The summed E-state index contributed by atoms with van der Waals surface area (Å²) in [5, 5.41) is 0. The van der Waals surface area contributed by atoms with E-state index in [2.05, 4.69) is 26.9 Å². The van der Waals surface area contributed by atoms with Gasteiger partial charge in [-0.3, -0.25) is 0 Å². The number of carbonyl (C=O) groups is 1. The highest BCUT2D eigenvalue weighted by molar-refractivity contribution is 5.89. The Morgan fingerprint density at radius 3 is 2.54 bits per heavy atom. The van der Waals surface area contributed by atoms with Crippen molar-refractivity contribution < 1.29 is 9.53 Å². The van der Waals surface area contributed by atoms with Crippen molar-refractivity contribution in [3.63, 3.8) is 0 Å². The van der Waals surface area contributed by atoms with Crippen LogP contribution >= 0.6 is 0 Å². The molecule has 2 aromatic heterocycles. The van der Waals surface area contributed by atoms with E-state index in [-0.39, 0.29) is 23.7 Å². The standard InChI is InChI=1S/C18H20N6O2/c1-3-11(8-10-4-6-12(7-5-10)17(25)26-2)13-9-21-16-14(22-13)15(19)23-18(20)24-16/h4-7,9,11H,3,8H2,1-2H3,(H4,19,20,21,23,24). The molecule has 0 saturated carbocycles. The monoisotopic (exact) mass is 352 g/mol. The van der Waals surface area contributed by atoms with Crippen molar-refractivity contribution in [3.05, 3.63) is 47.3 Å². The highest BCUT2D eigenvalue weighted by atomic mass is 16.5. The molecule has 0 amide bonds. The van der Waals surface area contributed by atoms with Crippen LogP contribution in [0.15, 0.2) is 30.5 Å². The molecule has 1 unspecified atom stereocenters. The van der Waals surface area contributed by atoms with E-state index < -0.39 is 0 Å². The molecule has 4 N–H and O–H groups in total. The van der Waals surface area contributed by atoms with Crippen LogP contribution in [0.5, 0.6) is 0 Å². The fourth-order valence-electron chi connectivity index (χ4n) is 2.79. The van der Waals surface area contributed by atoms with Crippen molar-refractivity contribution in [1.82, 2.24) is 19.9 Å². The predicted octanol–water partition coefficient (Wildman–Crippen LogP) is 2.11. The number of hydrogen-bond acceptors (Lipinski definition) is 8. The summed E-state index contributed by atoms with van der Waals surface area (Å²) >= 11 is 0. The summed E-state index contributed by atoms with van der Waals surface area (Å²) in [5.41, 5.74) is 14.8. The second-order valence-electron chi connectivity index (χ2n) is 5.93. The van der Waals surface area contributed by atoms with E-state index in [1.165, 1.54) is 7.11 Å². The average Bonchev–Trinajstić information content (AvgIpc) is 2.65. The van der Waals surface area contributed by atoms with E-state index in [0.717, 1.165) is 24.1 Å². The van der Waals surface area contributed by atoms with E-state index >= 15 is 0 Å². The van der Waals surface area contributed by atoms with Crippen molar-refractivity contribution in [2.75, 3.05) is 18.6 Å². The number of hydrogen-bond donors (Lipinski definition) is 2. The molecule has 0 radical (unpaired) electrons. The Bertz CT molecular complexity index is 942. The van der Waals surface area contributed by atoms with Crippen molar-refractivity contribution in [2.45, 2.75) is 25.7 Å². The van der Waals surface area contributed by atoms with Gasteiger partial charge in [-0.25, -0.2) is 14.8 Å². The first kappa shape index (κ1) is 17.5.